The van der Waals surface area contributed by atoms with Gasteiger partial charge in [-0.25, -0.2) is 18.3 Å². The second-order valence-electron chi connectivity index (χ2n) is 6.36. The predicted molar refractivity (Wildman–Crippen MR) is 66.5 cm³/mol. The van der Waals surface area contributed by atoms with Gasteiger partial charge in [-0.1, -0.05) is 0 Å². The van der Waals surface area contributed by atoms with Crippen LogP contribution in [0, 0.1) is 5.41 Å². The number of carbonyl (C=O) groups excluding carboxylic acids is 1. The Morgan fingerprint density at radius 1 is 1.25 bits per heavy atom. The fourth-order valence-corrected chi connectivity index (χ4v) is 3.54. The molecule has 0 aromatic rings. The zero-order chi connectivity index (χ0) is 15.4. The van der Waals surface area contributed by atoms with Crippen molar-refractivity contribution < 1.29 is 26.7 Å². The number of hydrogen-bond donors (Lipinski definition) is 1. The molecule has 1 saturated heterocycles. The highest BCUT2D eigenvalue weighted by molar-refractivity contribution is 7.87. The molecule has 1 aliphatic heterocycles. The lowest BCUT2D eigenvalue weighted by Gasteiger charge is -2.58. The topological polar surface area (TPSA) is 75.7 Å². The van der Waals surface area contributed by atoms with Gasteiger partial charge in [-0.2, -0.15) is 12.7 Å². The van der Waals surface area contributed by atoms with E-state index in [-0.39, 0.29) is 19.5 Å². The third-order valence-corrected chi connectivity index (χ3v) is 4.97. The van der Waals surface area contributed by atoms with Gasteiger partial charge in [0.05, 0.1) is 5.41 Å². The summed E-state index contributed by atoms with van der Waals surface area (Å²) in [6.07, 6.45) is -1.02. The van der Waals surface area contributed by atoms with Gasteiger partial charge in [0, 0.05) is 19.5 Å². The summed E-state index contributed by atoms with van der Waals surface area (Å²) in [6, 6.07) is 0. The molecule has 0 unspecified atom stereocenters. The predicted octanol–water partition coefficient (Wildman–Crippen LogP) is 1.49. The molecule has 9 heteroatoms. The zero-order valence-corrected chi connectivity index (χ0v) is 12.4. The van der Waals surface area contributed by atoms with Crippen molar-refractivity contribution in [2.45, 2.75) is 45.1 Å². The monoisotopic (exact) mass is 312 g/mol. The van der Waals surface area contributed by atoms with E-state index in [1.807, 2.05) is 0 Å². The molecule has 1 aliphatic carbocycles. The number of nitrogens with one attached hydrogen (secondary N) is 1. The molecular formula is C11H18F2N2O4S. The van der Waals surface area contributed by atoms with Crippen molar-refractivity contribution in [3.63, 3.8) is 0 Å². The van der Waals surface area contributed by atoms with Crippen LogP contribution in [0.25, 0.3) is 0 Å². The Bertz CT molecular complexity index is 521. The summed E-state index contributed by atoms with van der Waals surface area (Å²) < 4.78 is 57.7. The number of hydrogen-bond acceptors (Lipinski definition) is 4. The van der Waals surface area contributed by atoms with E-state index in [1.54, 1.807) is 25.5 Å². The van der Waals surface area contributed by atoms with Gasteiger partial charge >= 0.3 is 16.3 Å². The summed E-state index contributed by atoms with van der Waals surface area (Å²) in [5.41, 5.74) is -2.08. The summed E-state index contributed by atoms with van der Waals surface area (Å²) in [5.74, 6) is -2.81. The smallest absolute Gasteiger partial charge is 0.422 e. The van der Waals surface area contributed by atoms with Gasteiger partial charge in [0.1, 0.15) is 5.60 Å². The largest absolute Gasteiger partial charge is 0.443 e. The summed E-state index contributed by atoms with van der Waals surface area (Å²) in [5, 5.41) is 0. The molecule has 0 atom stereocenters. The van der Waals surface area contributed by atoms with E-state index in [0.29, 0.717) is 6.42 Å². The molecular weight excluding hydrogens is 294 g/mol. The van der Waals surface area contributed by atoms with Gasteiger partial charge in [0.25, 0.3) is 5.92 Å². The average molecular weight is 312 g/mol. The molecule has 2 aliphatic rings. The summed E-state index contributed by atoms with van der Waals surface area (Å²) in [6.45, 7) is 4.24. The molecule has 2 fully saturated rings. The molecule has 2 rings (SSSR count). The first-order valence-corrected chi connectivity index (χ1v) is 7.70. The van der Waals surface area contributed by atoms with Crippen LogP contribution in [-0.4, -0.2) is 43.4 Å². The van der Waals surface area contributed by atoms with E-state index < -0.39 is 33.2 Å². The van der Waals surface area contributed by atoms with Crippen molar-refractivity contribution in [3.05, 3.63) is 0 Å². The number of nitrogens with zero attached hydrogens (tertiary/aromatic N) is 1. The molecule has 1 saturated carbocycles. The number of rotatable bonds is 2. The van der Waals surface area contributed by atoms with Crippen molar-refractivity contribution in [2.75, 3.05) is 13.1 Å². The second kappa shape index (κ2) is 4.27. The van der Waals surface area contributed by atoms with Crippen molar-refractivity contribution in [1.82, 2.24) is 9.03 Å². The highest BCUT2D eigenvalue weighted by Crippen LogP contribution is 2.59. The van der Waals surface area contributed by atoms with Crippen molar-refractivity contribution in [2.24, 2.45) is 5.41 Å². The quantitative estimate of drug-likeness (QED) is 0.838. The minimum absolute atomic E-state index is 0.208. The van der Waals surface area contributed by atoms with Crippen LogP contribution in [0.2, 0.25) is 0 Å². The number of halogens is 2. The van der Waals surface area contributed by atoms with Crippen molar-refractivity contribution >= 4 is 16.3 Å². The summed E-state index contributed by atoms with van der Waals surface area (Å²) in [4.78, 5) is 11.4. The van der Waals surface area contributed by atoms with E-state index in [1.165, 1.54) is 0 Å². The SMILES string of the molecule is CC(C)(C)OC(=O)NS(=O)(=O)N1CC2(CCC2(F)F)C1. The molecule has 0 radical (unpaired) electrons. The maximum absolute atomic E-state index is 13.4. The van der Waals surface area contributed by atoms with E-state index >= 15 is 0 Å². The third kappa shape index (κ3) is 2.60. The average Bonchev–Trinajstić information content (AvgIpc) is 2.08. The molecule has 116 valence electrons. The Morgan fingerprint density at radius 2 is 1.80 bits per heavy atom. The Hall–Kier alpha value is -0.960. The van der Waals surface area contributed by atoms with Crippen LogP contribution in [0.15, 0.2) is 0 Å². The normalized spacial score (nSPS) is 24.6. The van der Waals surface area contributed by atoms with Crippen LogP contribution in [-0.2, 0) is 14.9 Å². The van der Waals surface area contributed by atoms with E-state index in [9.17, 15) is 22.0 Å². The molecule has 0 aromatic carbocycles. The fraction of sp³-hybridized carbons (Fsp3) is 0.909. The maximum Gasteiger partial charge on any atom is 0.422 e. The highest BCUT2D eigenvalue weighted by Gasteiger charge is 2.68. The summed E-state index contributed by atoms with van der Waals surface area (Å²) >= 11 is 0. The molecule has 0 bridgehead atoms. The number of alkyl halides is 2. The highest BCUT2D eigenvalue weighted by atomic mass is 32.2. The number of carbonyl (C=O) groups is 1. The standard InChI is InChI=1S/C11H18F2N2O4S/c1-9(2,3)19-8(16)14-20(17,18)15-6-10(7-15)4-5-11(10,12)13/h4-7H2,1-3H3,(H,14,16). The Balaban J connectivity index is 1.92. The number of amides is 1. The van der Waals surface area contributed by atoms with Crippen LogP contribution in [0.5, 0.6) is 0 Å². The maximum atomic E-state index is 13.4. The Kier molecular flexibility index (Phi) is 3.29. The van der Waals surface area contributed by atoms with Gasteiger partial charge in [0.15, 0.2) is 0 Å². The molecule has 0 aromatic heterocycles. The molecule has 1 heterocycles. The van der Waals surface area contributed by atoms with Gasteiger partial charge in [0.2, 0.25) is 0 Å². The van der Waals surface area contributed by atoms with Crippen LogP contribution >= 0.6 is 0 Å². The van der Waals surface area contributed by atoms with E-state index in [4.69, 9.17) is 4.74 Å². The summed E-state index contributed by atoms with van der Waals surface area (Å²) in [7, 11) is -4.12. The van der Waals surface area contributed by atoms with Crippen LogP contribution in [0.1, 0.15) is 33.6 Å². The fourth-order valence-electron chi connectivity index (χ4n) is 2.32. The van der Waals surface area contributed by atoms with E-state index in [2.05, 4.69) is 0 Å². The number of ether oxygens (including phenoxy) is 1. The zero-order valence-electron chi connectivity index (χ0n) is 11.6. The molecule has 1 N–H and O–H groups in total. The lowest BCUT2D eigenvalue weighted by molar-refractivity contribution is -0.242. The van der Waals surface area contributed by atoms with Crippen LogP contribution < -0.4 is 4.72 Å². The minimum Gasteiger partial charge on any atom is -0.443 e. The molecule has 1 spiro atoms. The Morgan fingerprint density at radius 3 is 2.15 bits per heavy atom. The van der Waals surface area contributed by atoms with Gasteiger partial charge < -0.3 is 4.74 Å². The van der Waals surface area contributed by atoms with Gasteiger partial charge in [-0.15, -0.1) is 0 Å². The van der Waals surface area contributed by atoms with Crippen molar-refractivity contribution in [3.8, 4) is 0 Å². The first kappa shape index (κ1) is 15.4. The molecule has 6 nitrogen and oxygen atoms in total. The lowest BCUT2D eigenvalue weighted by Crippen LogP contribution is -2.72. The first-order valence-electron chi connectivity index (χ1n) is 6.26. The van der Waals surface area contributed by atoms with Gasteiger partial charge in [-0.05, 0) is 27.2 Å². The first-order chi connectivity index (χ1) is 8.87. The molecule has 20 heavy (non-hydrogen) atoms. The van der Waals surface area contributed by atoms with Crippen LogP contribution in [0.3, 0.4) is 0 Å². The Labute approximate surface area is 116 Å². The second-order valence-corrected chi connectivity index (χ2v) is 8.03. The lowest BCUT2D eigenvalue weighted by atomic mass is 9.61. The third-order valence-electron chi connectivity index (χ3n) is 3.60. The van der Waals surface area contributed by atoms with E-state index in [0.717, 1.165) is 4.31 Å². The molecule has 1 amide bonds. The van der Waals surface area contributed by atoms with Crippen LogP contribution in [0.4, 0.5) is 13.6 Å². The minimum atomic E-state index is -4.12. The van der Waals surface area contributed by atoms with Gasteiger partial charge in [-0.3, -0.25) is 0 Å². The van der Waals surface area contributed by atoms with Crippen molar-refractivity contribution in [1.29, 1.82) is 0 Å².